The van der Waals surface area contributed by atoms with Crippen molar-refractivity contribution in [3.05, 3.63) is 52.9 Å². The summed E-state index contributed by atoms with van der Waals surface area (Å²) in [6.07, 6.45) is 3.66. The lowest BCUT2D eigenvalue weighted by Crippen LogP contribution is -2.02. The highest BCUT2D eigenvalue weighted by Crippen LogP contribution is 2.24. The van der Waals surface area contributed by atoms with Gasteiger partial charge < -0.3 is 5.73 Å². The van der Waals surface area contributed by atoms with E-state index in [2.05, 4.69) is 25.9 Å². The number of benzene rings is 1. The summed E-state index contributed by atoms with van der Waals surface area (Å²) in [6.45, 7) is 0.429. The number of aromatic nitrogens is 3. The lowest BCUT2D eigenvalue weighted by atomic mass is 10.1. The molecule has 2 heterocycles. The smallest absolute Gasteiger partial charge is 0.234 e. The lowest BCUT2D eigenvalue weighted by molar-refractivity contribution is 0.949. The van der Waals surface area contributed by atoms with Gasteiger partial charge in [0.25, 0.3) is 0 Å². The van der Waals surface area contributed by atoms with Crippen LogP contribution in [0, 0.1) is 0 Å². The number of hydrogen-bond donors (Lipinski definition) is 1. The highest BCUT2D eigenvalue weighted by atomic mass is 79.9. The zero-order valence-corrected chi connectivity index (χ0v) is 11.1. The Morgan fingerprint density at radius 1 is 1.22 bits per heavy atom. The van der Waals surface area contributed by atoms with Crippen LogP contribution in [0.2, 0.25) is 0 Å². The van der Waals surface area contributed by atoms with Crippen LogP contribution in [-0.4, -0.2) is 14.4 Å². The molecule has 0 spiro atoms. The summed E-state index contributed by atoms with van der Waals surface area (Å²) in [7, 11) is 0. The van der Waals surface area contributed by atoms with Gasteiger partial charge in [-0.2, -0.15) is 0 Å². The molecule has 18 heavy (non-hydrogen) atoms. The van der Waals surface area contributed by atoms with Gasteiger partial charge in [0.2, 0.25) is 5.78 Å². The molecule has 1 aromatic carbocycles. The van der Waals surface area contributed by atoms with Crippen LogP contribution in [-0.2, 0) is 6.54 Å². The first kappa shape index (κ1) is 11.4. The molecule has 90 valence electrons. The normalized spacial score (nSPS) is 11.0. The van der Waals surface area contributed by atoms with Crippen molar-refractivity contribution in [1.82, 2.24) is 14.4 Å². The lowest BCUT2D eigenvalue weighted by Gasteiger charge is -2.02. The van der Waals surface area contributed by atoms with E-state index in [1.807, 2.05) is 40.9 Å². The van der Waals surface area contributed by atoms with Crippen LogP contribution < -0.4 is 5.73 Å². The van der Waals surface area contributed by atoms with Crippen LogP contribution in [0.1, 0.15) is 5.69 Å². The van der Waals surface area contributed by atoms with E-state index in [0.717, 1.165) is 21.4 Å². The second-order valence-corrected chi connectivity index (χ2v) is 4.82. The maximum Gasteiger partial charge on any atom is 0.234 e. The van der Waals surface area contributed by atoms with Gasteiger partial charge in [-0.1, -0.05) is 28.1 Å². The third-order valence-electron chi connectivity index (χ3n) is 2.81. The van der Waals surface area contributed by atoms with Crippen molar-refractivity contribution in [1.29, 1.82) is 0 Å². The number of nitrogens with zero attached hydrogens (tertiary/aromatic N) is 3. The minimum atomic E-state index is 0.429. The van der Waals surface area contributed by atoms with E-state index in [1.165, 1.54) is 0 Å². The fraction of sp³-hybridized carbons (Fsp3) is 0.0769. The Kier molecular flexibility index (Phi) is 2.85. The van der Waals surface area contributed by atoms with E-state index in [4.69, 9.17) is 5.73 Å². The van der Waals surface area contributed by atoms with Crippen molar-refractivity contribution in [3.63, 3.8) is 0 Å². The molecular weight excluding hydrogens is 292 g/mol. The predicted molar refractivity (Wildman–Crippen MR) is 74.0 cm³/mol. The Balaban J connectivity index is 2.25. The van der Waals surface area contributed by atoms with E-state index >= 15 is 0 Å². The Morgan fingerprint density at radius 2 is 2.00 bits per heavy atom. The molecular formula is C13H11BrN4. The first-order valence-electron chi connectivity index (χ1n) is 5.57. The first-order chi connectivity index (χ1) is 8.79. The van der Waals surface area contributed by atoms with Crippen LogP contribution >= 0.6 is 15.9 Å². The molecule has 0 saturated carbocycles. The Bertz CT molecular complexity index is 688. The maximum absolute atomic E-state index is 5.83. The summed E-state index contributed by atoms with van der Waals surface area (Å²) in [5.41, 5.74) is 8.74. The standard InChI is InChI=1S/C13H11BrN4/c14-10-4-2-9(3-5-10)12-11(8-15)18-7-1-6-16-13(18)17-12/h1-7H,8,15H2. The van der Waals surface area contributed by atoms with Gasteiger partial charge in [0.1, 0.15) is 0 Å². The number of fused-ring (bicyclic) bond motifs is 1. The average Bonchev–Trinajstić information content (AvgIpc) is 2.78. The van der Waals surface area contributed by atoms with Crippen LogP contribution in [0.5, 0.6) is 0 Å². The van der Waals surface area contributed by atoms with Crippen molar-refractivity contribution < 1.29 is 0 Å². The Morgan fingerprint density at radius 3 is 2.72 bits per heavy atom. The first-order valence-corrected chi connectivity index (χ1v) is 6.37. The zero-order valence-electron chi connectivity index (χ0n) is 9.55. The van der Waals surface area contributed by atoms with Gasteiger partial charge in [0.05, 0.1) is 11.4 Å². The monoisotopic (exact) mass is 302 g/mol. The molecule has 4 nitrogen and oxygen atoms in total. The molecule has 0 amide bonds. The summed E-state index contributed by atoms with van der Waals surface area (Å²) in [6, 6.07) is 9.90. The number of halogens is 1. The SMILES string of the molecule is NCc1c(-c2ccc(Br)cc2)nc2ncccn12. The predicted octanol–water partition coefficient (Wildman–Crippen LogP) is 2.62. The number of nitrogens with two attached hydrogens (primary N) is 1. The molecule has 3 aromatic rings. The molecule has 0 unspecified atom stereocenters. The number of hydrogen-bond acceptors (Lipinski definition) is 3. The molecule has 0 saturated heterocycles. The van der Waals surface area contributed by atoms with Crippen LogP contribution in [0.25, 0.3) is 17.0 Å². The highest BCUT2D eigenvalue weighted by molar-refractivity contribution is 9.10. The van der Waals surface area contributed by atoms with E-state index in [0.29, 0.717) is 12.3 Å². The van der Waals surface area contributed by atoms with Gasteiger partial charge in [0, 0.05) is 29.0 Å². The van der Waals surface area contributed by atoms with Crippen molar-refractivity contribution in [3.8, 4) is 11.3 Å². The minimum Gasteiger partial charge on any atom is -0.325 e. The van der Waals surface area contributed by atoms with Crippen LogP contribution in [0.3, 0.4) is 0 Å². The molecule has 0 fully saturated rings. The summed E-state index contributed by atoms with van der Waals surface area (Å²) >= 11 is 3.43. The van der Waals surface area contributed by atoms with E-state index < -0.39 is 0 Å². The van der Waals surface area contributed by atoms with Crippen molar-refractivity contribution >= 4 is 21.7 Å². The second-order valence-electron chi connectivity index (χ2n) is 3.91. The molecule has 0 radical (unpaired) electrons. The quantitative estimate of drug-likeness (QED) is 0.792. The zero-order chi connectivity index (χ0) is 12.5. The summed E-state index contributed by atoms with van der Waals surface area (Å²) in [4.78, 5) is 8.78. The Hall–Kier alpha value is -1.72. The van der Waals surface area contributed by atoms with Gasteiger partial charge >= 0.3 is 0 Å². The molecule has 0 aliphatic heterocycles. The van der Waals surface area contributed by atoms with Crippen molar-refractivity contribution in [2.24, 2.45) is 5.73 Å². The fourth-order valence-electron chi connectivity index (χ4n) is 1.97. The summed E-state index contributed by atoms with van der Waals surface area (Å²) in [5.74, 6) is 0.677. The molecule has 5 heteroatoms. The molecule has 0 atom stereocenters. The molecule has 2 aromatic heterocycles. The molecule has 0 aliphatic carbocycles. The largest absolute Gasteiger partial charge is 0.325 e. The number of imidazole rings is 1. The van der Waals surface area contributed by atoms with Crippen LogP contribution in [0.4, 0.5) is 0 Å². The molecule has 0 bridgehead atoms. The van der Waals surface area contributed by atoms with Gasteiger partial charge in [0.15, 0.2) is 0 Å². The van der Waals surface area contributed by atoms with Crippen molar-refractivity contribution in [2.45, 2.75) is 6.54 Å². The second kappa shape index (κ2) is 4.51. The average molecular weight is 303 g/mol. The van der Waals surface area contributed by atoms with Gasteiger partial charge in [-0.15, -0.1) is 0 Å². The van der Waals surface area contributed by atoms with Crippen LogP contribution in [0.15, 0.2) is 47.2 Å². The fourth-order valence-corrected chi connectivity index (χ4v) is 2.23. The molecule has 0 aliphatic rings. The third-order valence-corrected chi connectivity index (χ3v) is 3.34. The maximum atomic E-state index is 5.83. The van der Waals surface area contributed by atoms with Gasteiger partial charge in [-0.3, -0.25) is 4.40 Å². The van der Waals surface area contributed by atoms with Gasteiger partial charge in [-0.25, -0.2) is 9.97 Å². The topological polar surface area (TPSA) is 56.2 Å². The number of rotatable bonds is 2. The summed E-state index contributed by atoms with van der Waals surface area (Å²) in [5, 5.41) is 0. The summed E-state index contributed by atoms with van der Waals surface area (Å²) < 4.78 is 2.97. The van der Waals surface area contributed by atoms with E-state index in [-0.39, 0.29) is 0 Å². The third kappa shape index (κ3) is 1.81. The minimum absolute atomic E-state index is 0.429. The molecule has 3 rings (SSSR count). The highest BCUT2D eigenvalue weighted by Gasteiger charge is 2.12. The van der Waals surface area contributed by atoms with Gasteiger partial charge in [-0.05, 0) is 18.2 Å². The van der Waals surface area contributed by atoms with E-state index in [9.17, 15) is 0 Å². The van der Waals surface area contributed by atoms with Crippen molar-refractivity contribution in [2.75, 3.05) is 0 Å². The Labute approximate surface area is 113 Å². The molecule has 2 N–H and O–H groups in total. The van der Waals surface area contributed by atoms with E-state index in [1.54, 1.807) is 6.20 Å².